The molecule has 2 aromatic rings. The summed E-state index contributed by atoms with van der Waals surface area (Å²) in [7, 11) is 1.72. The van der Waals surface area contributed by atoms with Crippen molar-refractivity contribution in [1.29, 1.82) is 0 Å². The minimum Gasteiger partial charge on any atom is -0.378 e. The summed E-state index contributed by atoms with van der Waals surface area (Å²) in [5.74, 6) is -0.697. The van der Waals surface area contributed by atoms with Crippen molar-refractivity contribution in [2.75, 3.05) is 68.1 Å². The number of amides is 2. The van der Waals surface area contributed by atoms with E-state index in [0.717, 1.165) is 32.0 Å². The number of hydrogen-bond acceptors (Lipinski definition) is 5. The van der Waals surface area contributed by atoms with Gasteiger partial charge >= 0.3 is 0 Å². The molecule has 1 aliphatic rings. The van der Waals surface area contributed by atoms with Gasteiger partial charge in [0, 0.05) is 36.7 Å². The van der Waals surface area contributed by atoms with Gasteiger partial charge in [-0.2, -0.15) is 0 Å². The lowest BCUT2D eigenvalue weighted by molar-refractivity contribution is -0.121. The number of ether oxygens (including phenoxy) is 1. The number of morpholine rings is 1. The molecule has 0 bridgehead atoms. The topological polar surface area (TPSA) is 65.1 Å². The summed E-state index contributed by atoms with van der Waals surface area (Å²) in [5.41, 5.74) is 2.44. The highest BCUT2D eigenvalue weighted by atomic mass is 19.1. The molecule has 2 aromatic carbocycles. The number of likely N-dealkylation sites (N-methyl/N-ethyl adjacent to an activating group) is 2. The van der Waals surface area contributed by atoms with E-state index in [1.807, 2.05) is 31.2 Å². The molecular formula is C23H29FN4O3. The van der Waals surface area contributed by atoms with Gasteiger partial charge in [0.25, 0.3) is 0 Å². The third-order valence-electron chi connectivity index (χ3n) is 5.10. The monoisotopic (exact) mass is 428 g/mol. The first-order valence-corrected chi connectivity index (χ1v) is 10.4. The van der Waals surface area contributed by atoms with E-state index < -0.39 is 0 Å². The van der Waals surface area contributed by atoms with Gasteiger partial charge in [-0.1, -0.05) is 0 Å². The second-order valence-electron chi connectivity index (χ2n) is 7.48. The van der Waals surface area contributed by atoms with Crippen LogP contribution in [0.25, 0.3) is 0 Å². The van der Waals surface area contributed by atoms with Gasteiger partial charge in [0.1, 0.15) is 5.82 Å². The summed E-state index contributed by atoms with van der Waals surface area (Å²) in [5, 5.41) is 2.87. The highest BCUT2D eigenvalue weighted by molar-refractivity contribution is 5.96. The first-order valence-electron chi connectivity index (χ1n) is 10.4. The molecule has 8 heteroatoms. The standard InChI is InChI=1S/C23H29FN4O3/c1-3-28(21-8-4-18(24)5-9-21)23(30)17-26(2)16-22(29)25-19-6-10-20(11-7-19)27-12-14-31-15-13-27/h4-11H,3,12-17H2,1-2H3,(H,25,29). The molecule has 2 amide bonds. The van der Waals surface area contributed by atoms with Crippen LogP contribution in [-0.4, -0.2) is 69.7 Å². The molecule has 31 heavy (non-hydrogen) atoms. The van der Waals surface area contributed by atoms with E-state index >= 15 is 0 Å². The molecule has 0 radical (unpaired) electrons. The van der Waals surface area contributed by atoms with E-state index in [2.05, 4.69) is 10.2 Å². The van der Waals surface area contributed by atoms with Crippen LogP contribution in [0.5, 0.6) is 0 Å². The Morgan fingerprint density at radius 3 is 2.29 bits per heavy atom. The second-order valence-corrected chi connectivity index (χ2v) is 7.48. The van der Waals surface area contributed by atoms with Crippen LogP contribution in [0, 0.1) is 5.82 Å². The third kappa shape index (κ3) is 6.50. The second kappa shape index (κ2) is 10.9. The van der Waals surface area contributed by atoms with Crippen LogP contribution in [-0.2, 0) is 14.3 Å². The molecule has 1 N–H and O–H groups in total. The Kier molecular flexibility index (Phi) is 7.97. The number of anilines is 3. The maximum absolute atomic E-state index is 13.1. The molecule has 1 heterocycles. The number of benzene rings is 2. The molecule has 0 unspecified atom stereocenters. The predicted octanol–water partition coefficient (Wildman–Crippen LogP) is 2.59. The number of nitrogens with one attached hydrogen (secondary N) is 1. The van der Waals surface area contributed by atoms with Crippen molar-refractivity contribution in [3.8, 4) is 0 Å². The first kappa shape index (κ1) is 22.7. The summed E-state index contributed by atoms with van der Waals surface area (Å²) in [6, 6.07) is 13.5. The van der Waals surface area contributed by atoms with Crippen molar-refractivity contribution < 1.29 is 18.7 Å². The minimum atomic E-state index is -0.348. The van der Waals surface area contributed by atoms with Crippen molar-refractivity contribution in [3.05, 3.63) is 54.3 Å². The minimum absolute atomic E-state index is 0.0780. The lowest BCUT2D eigenvalue weighted by atomic mass is 10.2. The van der Waals surface area contributed by atoms with Crippen molar-refractivity contribution in [2.24, 2.45) is 0 Å². The zero-order valence-electron chi connectivity index (χ0n) is 18.0. The van der Waals surface area contributed by atoms with Crippen LogP contribution in [0.3, 0.4) is 0 Å². The molecule has 7 nitrogen and oxygen atoms in total. The molecule has 0 aromatic heterocycles. The average Bonchev–Trinajstić information content (AvgIpc) is 2.76. The van der Waals surface area contributed by atoms with Crippen molar-refractivity contribution in [1.82, 2.24) is 4.90 Å². The van der Waals surface area contributed by atoms with Gasteiger partial charge in [0.05, 0.1) is 26.3 Å². The van der Waals surface area contributed by atoms with Crippen LogP contribution < -0.4 is 15.1 Å². The van der Waals surface area contributed by atoms with Gasteiger partial charge in [-0.15, -0.1) is 0 Å². The Morgan fingerprint density at radius 2 is 1.68 bits per heavy atom. The Bertz CT molecular complexity index is 867. The van der Waals surface area contributed by atoms with Crippen LogP contribution in [0.1, 0.15) is 6.92 Å². The smallest absolute Gasteiger partial charge is 0.241 e. The third-order valence-corrected chi connectivity index (χ3v) is 5.10. The summed E-state index contributed by atoms with van der Waals surface area (Å²) in [6.07, 6.45) is 0. The zero-order valence-corrected chi connectivity index (χ0v) is 18.0. The van der Waals surface area contributed by atoms with E-state index in [-0.39, 0.29) is 30.7 Å². The molecule has 3 rings (SSSR count). The van der Waals surface area contributed by atoms with Gasteiger partial charge in [-0.05, 0) is 62.5 Å². The fourth-order valence-corrected chi connectivity index (χ4v) is 3.52. The highest BCUT2D eigenvalue weighted by Crippen LogP contribution is 2.19. The van der Waals surface area contributed by atoms with Gasteiger partial charge in [-0.3, -0.25) is 14.5 Å². The summed E-state index contributed by atoms with van der Waals surface area (Å²) in [4.78, 5) is 30.5. The lowest BCUT2D eigenvalue weighted by Gasteiger charge is -2.29. The number of hydrogen-bond donors (Lipinski definition) is 1. The van der Waals surface area contributed by atoms with E-state index in [1.54, 1.807) is 29.0 Å². The molecule has 1 saturated heterocycles. The maximum Gasteiger partial charge on any atom is 0.241 e. The van der Waals surface area contributed by atoms with Crippen LogP contribution in [0.2, 0.25) is 0 Å². The van der Waals surface area contributed by atoms with Gasteiger partial charge < -0.3 is 19.9 Å². The average molecular weight is 429 g/mol. The van der Waals surface area contributed by atoms with E-state index in [4.69, 9.17) is 4.74 Å². The molecule has 0 atom stereocenters. The highest BCUT2D eigenvalue weighted by Gasteiger charge is 2.18. The SMILES string of the molecule is CCN(C(=O)CN(C)CC(=O)Nc1ccc(N2CCOCC2)cc1)c1ccc(F)cc1. The van der Waals surface area contributed by atoms with Crippen LogP contribution in [0.4, 0.5) is 21.5 Å². The molecule has 166 valence electrons. The van der Waals surface area contributed by atoms with Crippen molar-refractivity contribution in [3.63, 3.8) is 0 Å². The molecule has 0 saturated carbocycles. The summed E-state index contributed by atoms with van der Waals surface area (Å²) < 4.78 is 18.5. The van der Waals surface area contributed by atoms with Crippen molar-refractivity contribution in [2.45, 2.75) is 6.92 Å². The molecule has 0 aliphatic carbocycles. The Morgan fingerprint density at radius 1 is 1.03 bits per heavy atom. The number of nitrogens with zero attached hydrogens (tertiary/aromatic N) is 3. The number of halogens is 1. The zero-order chi connectivity index (χ0) is 22.2. The van der Waals surface area contributed by atoms with E-state index in [9.17, 15) is 14.0 Å². The largest absolute Gasteiger partial charge is 0.378 e. The Hall–Kier alpha value is -2.97. The molecule has 1 fully saturated rings. The molecular weight excluding hydrogens is 399 g/mol. The fraction of sp³-hybridized carbons (Fsp3) is 0.391. The number of carbonyl (C=O) groups excluding carboxylic acids is 2. The Labute approximate surface area is 182 Å². The molecule has 0 spiro atoms. The number of carbonyl (C=O) groups is 2. The van der Waals surface area contributed by atoms with Gasteiger partial charge in [0.2, 0.25) is 11.8 Å². The normalized spacial score (nSPS) is 13.9. The first-order chi connectivity index (χ1) is 15.0. The van der Waals surface area contributed by atoms with E-state index in [0.29, 0.717) is 17.9 Å². The van der Waals surface area contributed by atoms with E-state index in [1.165, 1.54) is 12.1 Å². The van der Waals surface area contributed by atoms with Gasteiger partial charge in [0.15, 0.2) is 0 Å². The van der Waals surface area contributed by atoms with Crippen LogP contribution >= 0.6 is 0 Å². The van der Waals surface area contributed by atoms with Crippen molar-refractivity contribution >= 4 is 28.9 Å². The van der Waals surface area contributed by atoms with Gasteiger partial charge in [-0.25, -0.2) is 4.39 Å². The Balaban J connectivity index is 1.49. The fourth-order valence-electron chi connectivity index (χ4n) is 3.52. The lowest BCUT2D eigenvalue weighted by Crippen LogP contribution is -2.41. The quantitative estimate of drug-likeness (QED) is 0.700. The summed E-state index contributed by atoms with van der Waals surface area (Å²) in [6.45, 7) is 5.63. The molecule has 1 aliphatic heterocycles. The summed E-state index contributed by atoms with van der Waals surface area (Å²) >= 11 is 0. The van der Waals surface area contributed by atoms with Crippen LogP contribution in [0.15, 0.2) is 48.5 Å². The number of rotatable bonds is 8. The maximum atomic E-state index is 13.1. The predicted molar refractivity (Wildman–Crippen MR) is 120 cm³/mol.